The van der Waals surface area contributed by atoms with Crippen molar-refractivity contribution >= 4 is 38.8 Å². The third kappa shape index (κ3) is 3.01. The van der Waals surface area contributed by atoms with E-state index in [9.17, 15) is 8.42 Å². The molecule has 0 N–H and O–H groups in total. The number of benzene rings is 2. The molecule has 26 heavy (non-hydrogen) atoms. The number of thioether (sulfide) groups is 1. The van der Waals surface area contributed by atoms with Gasteiger partial charge in [-0.25, -0.2) is 8.42 Å². The molecular weight excluding hydrogens is 384 g/mol. The molecule has 0 unspecified atom stereocenters. The highest BCUT2D eigenvalue weighted by atomic mass is 32.2. The smallest absolute Gasteiger partial charge is 0.264 e. The first-order valence-corrected chi connectivity index (χ1v) is 11.2. The molecule has 0 fully saturated rings. The van der Waals surface area contributed by atoms with Gasteiger partial charge in [0.2, 0.25) is 0 Å². The summed E-state index contributed by atoms with van der Waals surface area (Å²) in [6, 6.07) is 20.2. The van der Waals surface area contributed by atoms with Crippen molar-refractivity contribution in [1.82, 2.24) is 0 Å². The lowest BCUT2D eigenvalue weighted by Gasteiger charge is -2.30. The maximum Gasteiger partial charge on any atom is 0.264 e. The van der Waals surface area contributed by atoms with Gasteiger partial charge in [0.05, 0.1) is 10.6 Å². The van der Waals surface area contributed by atoms with Crippen LogP contribution in [-0.4, -0.2) is 20.7 Å². The van der Waals surface area contributed by atoms with E-state index in [2.05, 4.69) is 6.07 Å². The number of nitriles is 1. The van der Waals surface area contributed by atoms with Gasteiger partial charge < -0.3 is 0 Å². The second kappa shape index (κ2) is 6.80. The van der Waals surface area contributed by atoms with Crippen LogP contribution in [0.2, 0.25) is 0 Å². The summed E-state index contributed by atoms with van der Waals surface area (Å²) in [4.78, 5) is 2.85. The topological polar surface area (TPSA) is 61.2 Å². The van der Waals surface area contributed by atoms with Gasteiger partial charge in [-0.15, -0.1) is 23.1 Å². The first-order chi connectivity index (χ1) is 12.6. The van der Waals surface area contributed by atoms with Crippen LogP contribution in [0.3, 0.4) is 0 Å². The van der Waals surface area contributed by atoms with Gasteiger partial charge >= 0.3 is 0 Å². The number of anilines is 1. The van der Waals surface area contributed by atoms with E-state index in [0.29, 0.717) is 22.0 Å². The summed E-state index contributed by atoms with van der Waals surface area (Å²) in [5.41, 5.74) is 1.63. The zero-order valence-electron chi connectivity index (χ0n) is 13.6. The van der Waals surface area contributed by atoms with Crippen LogP contribution in [0.1, 0.15) is 4.88 Å². The lowest BCUT2D eigenvalue weighted by atomic mass is 10.1. The van der Waals surface area contributed by atoms with E-state index < -0.39 is 10.0 Å². The predicted octanol–water partition coefficient (Wildman–Crippen LogP) is 4.59. The zero-order chi connectivity index (χ0) is 18.1. The summed E-state index contributed by atoms with van der Waals surface area (Å²) in [5.74, 6) is 0.718. The standard InChI is InChI=1S/C19H14N2O2S3/c20-13-15-7-9-18(25-15)14-6-8-19-17(12-14)21(10-11-24-19)26(22,23)16-4-2-1-3-5-16/h1-9,12H,10-11H2. The molecule has 2 aromatic carbocycles. The highest BCUT2D eigenvalue weighted by Crippen LogP contribution is 2.41. The molecule has 1 aliphatic heterocycles. The Morgan fingerprint density at radius 2 is 1.85 bits per heavy atom. The van der Waals surface area contributed by atoms with Crippen molar-refractivity contribution in [1.29, 1.82) is 5.26 Å². The summed E-state index contributed by atoms with van der Waals surface area (Å²) in [6.07, 6.45) is 0. The summed E-state index contributed by atoms with van der Waals surface area (Å²) in [5, 5.41) is 9.03. The Labute approximate surface area is 160 Å². The van der Waals surface area contributed by atoms with E-state index in [1.807, 2.05) is 24.3 Å². The van der Waals surface area contributed by atoms with E-state index in [0.717, 1.165) is 21.1 Å². The molecule has 0 atom stereocenters. The van der Waals surface area contributed by atoms with Gasteiger partial charge in [0.25, 0.3) is 10.0 Å². The number of fused-ring (bicyclic) bond motifs is 1. The van der Waals surface area contributed by atoms with Gasteiger partial charge in [-0.2, -0.15) is 5.26 Å². The minimum Gasteiger partial charge on any atom is -0.264 e. The van der Waals surface area contributed by atoms with Gasteiger partial charge in [0, 0.05) is 22.1 Å². The van der Waals surface area contributed by atoms with E-state index >= 15 is 0 Å². The Bertz CT molecular complexity index is 1100. The summed E-state index contributed by atoms with van der Waals surface area (Å²) < 4.78 is 27.7. The van der Waals surface area contributed by atoms with E-state index in [4.69, 9.17) is 5.26 Å². The highest BCUT2D eigenvalue weighted by Gasteiger charge is 2.29. The Morgan fingerprint density at radius 1 is 1.04 bits per heavy atom. The lowest BCUT2D eigenvalue weighted by Crippen LogP contribution is -2.35. The Morgan fingerprint density at radius 3 is 2.58 bits per heavy atom. The minimum atomic E-state index is -3.60. The van der Waals surface area contributed by atoms with Crippen molar-refractivity contribution in [2.24, 2.45) is 0 Å². The van der Waals surface area contributed by atoms with Crippen LogP contribution < -0.4 is 4.31 Å². The maximum absolute atomic E-state index is 13.1. The van der Waals surface area contributed by atoms with Gasteiger partial charge in [-0.1, -0.05) is 24.3 Å². The molecule has 7 heteroatoms. The van der Waals surface area contributed by atoms with Crippen LogP contribution in [0.5, 0.6) is 0 Å². The number of thiophene rings is 1. The largest absolute Gasteiger partial charge is 0.264 e. The molecule has 0 radical (unpaired) electrons. The molecule has 0 aliphatic carbocycles. The monoisotopic (exact) mass is 398 g/mol. The average molecular weight is 399 g/mol. The van der Waals surface area contributed by atoms with Gasteiger partial charge in [-0.05, 0) is 42.0 Å². The first-order valence-electron chi connectivity index (χ1n) is 7.94. The number of nitrogens with zero attached hydrogens (tertiary/aromatic N) is 2. The fourth-order valence-electron chi connectivity index (χ4n) is 2.87. The molecule has 0 saturated carbocycles. The van der Waals surface area contributed by atoms with E-state index in [1.165, 1.54) is 15.6 Å². The molecule has 1 aliphatic rings. The molecule has 0 amide bonds. The number of sulfonamides is 1. The number of rotatable bonds is 3. The lowest BCUT2D eigenvalue weighted by molar-refractivity contribution is 0.591. The number of hydrogen-bond donors (Lipinski definition) is 0. The predicted molar refractivity (Wildman–Crippen MR) is 106 cm³/mol. The third-order valence-electron chi connectivity index (χ3n) is 4.11. The molecule has 4 nitrogen and oxygen atoms in total. The van der Waals surface area contributed by atoms with E-state index in [1.54, 1.807) is 48.2 Å². The quantitative estimate of drug-likeness (QED) is 0.647. The van der Waals surface area contributed by atoms with Crippen molar-refractivity contribution in [3.05, 3.63) is 65.5 Å². The molecule has 3 aromatic rings. The second-order valence-corrected chi connectivity index (χ2v) is 9.78. The average Bonchev–Trinajstić information content (AvgIpc) is 3.17. The van der Waals surface area contributed by atoms with Crippen LogP contribution in [0.4, 0.5) is 5.69 Å². The number of hydrogen-bond acceptors (Lipinski definition) is 5. The van der Waals surface area contributed by atoms with Crippen LogP contribution in [0.25, 0.3) is 10.4 Å². The normalized spacial score (nSPS) is 13.9. The molecular formula is C19H14N2O2S3. The van der Waals surface area contributed by atoms with Crippen molar-refractivity contribution in [2.45, 2.75) is 9.79 Å². The summed E-state index contributed by atoms with van der Waals surface area (Å²) in [6.45, 7) is 0.437. The van der Waals surface area contributed by atoms with Crippen molar-refractivity contribution in [3.8, 4) is 16.5 Å². The molecule has 4 rings (SSSR count). The third-order valence-corrected chi connectivity index (χ3v) is 8.02. The fourth-order valence-corrected chi connectivity index (χ4v) is 6.31. The maximum atomic E-state index is 13.1. The fraction of sp³-hybridized carbons (Fsp3) is 0.105. The van der Waals surface area contributed by atoms with Gasteiger partial charge in [-0.3, -0.25) is 4.31 Å². The van der Waals surface area contributed by atoms with Gasteiger partial charge in [0.15, 0.2) is 0 Å². The molecule has 0 bridgehead atoms. The van der Waals surface area contributed by atoms with Gasteiger partial charge in [0.1, 0.15) is 10.9 Å². The van der Waals surface area contributed by atoms with Crippen molar-refractivity contribution in [2.75, 3.05) is 16.6 Å². The molecule has 1 aromatic heterocycles. The Hall–Kier alpha value is -2.27. The van der Waals surface area contributed by atoms with E-state index in [-0.39, 0.29) is 0 Å². The first kappa shape index (κ1) is 17.2. The SMILES string of the molecule is N#Cc1ccc(-c2ccc3c(c2)N(S(=O)(=O)c2ccccc2)CCS3)s1. The summed E-state index contributed by atoms with van der Waals surface area (Å²) >= 11 is 3.07. The van der Waals surface area contributed by atoms with Crippen LogP contribution in [-0.2, 0) is 10.0 Å². The summed E-state index contributed by atoms with van der Waals surface area (Å²) in [7, 11) is -3.60. The molecule has 2 heterocycles. The van der Waals surface area contributed by atoms with Crippen LogP contribution >= 0.6 is 23.1 Å². The molecule has 130 valence electrons. The highest BCUT2D eigenvalue weighted by molar-refractivity contribution is 8.00. The molecule has 0 saturated heterocycles. The zero-order valence-corrected chi connectivity index (χ0v) is 16.1. The second-order valence-electron chi connectivity index (χ2n) is 5.70. The minimum absolute atomic E-state index is 0.297. The Kier molecular flexibility index (Phi) is 4.49. The van der Waals surface area contributed by atoms with Crippen molar-refractivity contribution < 1.29 is 8.42 Å². The molecule has 0 spiro atoms. The van der Waals surface area contributed by atoms with Crippen molar-refractivity contribution in [3.63, 3.8) is 0 Å². The Balaban J connectivity index is 1.80. The van der Waals surface area contributed by atoms with Crippen LogP contribution in [0.15, 0.2) is 70.5 Å². The van der Waals surface area contributed by atoms with Crippen LogP contribution in [0, 0.1) is 11.3 Å².